The van der Waals surface area contributed by atoms with Crippen molar-refractivity contribution in [1.29, 1.82) is 0 Å². The molecule has 0 saturated carbocycles. The van der Waals surface area contributed by atoms with Gasteiger partial charge in [-0.05, 0) is 6.07 Å². The predicted octanol–water partition coefficient (Wildman–Crippen LogP) is -0.363. The standard InChI is InChI=1S/C18H19N3O7/c22-13(5-8-16(25)28-21-14(23)6-7-15(21)24)19-9-10-20-17(26)11-3-1-2-4-12(11)18(20)27/h1-4,17,26H,5-10H2,(H,19,22). The molecule has 1 aromatic rings. The Labute approximate surface area is 160 Å². The molecule has 0 aromatic heterocycles. The van der Waals surface area contributed by atoms with E-state index in [1.165, 1.54) is 4.90 Å². The highest BCUT2D eigenvalue weighted by molar-refractivity contribution is 6.01. The second-order valence-corrected chi connectivity index (χ2v) is 6.35. The van der Waals surface area contributed by atoms with Gasteiger partial charge >= 0.3 is 5.97 Å². The first-order valence-electron chi connectivity index (χ1n) is 8.79. The van der Waals surface area contributed by atoms with Crippen molar-refractivity contribution in [2.75, 3.05) is 13.1 Å². The molecule has 148 valence electrons. The zero-order valence-corrected chi connectivity index (χ0v) is 14.9. The van der Waals surface area contributed by atoms with Crippen LogP contribution in [0.4, 0.5) is 0 Å². The monoisotopic (exact) mass is 389 g/mol. The van der Waals surface area contributed by atoms with Crippen molar-refractivity contribution < 1.29 is 33.9 Å². The van der Waals surface area contributed by atoms with Gasteiger partial charge in [0.15, 0.2) is 6.23 Å². The lowest BCUT2D eigenvalue weighted by molar-refractivity contribution is -0.197. The van der Waals surface area contributed by atoms with Gasteiger partial charge in [-0.3, -0.25) is 19.2 Å². The Bertz CT molecular complexity index is 822. The SMILES string of the molecule is O=C(CCC(=O)ON1C(=O)CCC1=O)NCCN1C(=O)c2ccccc2C1O. The predicted molar refractivity (Wildman–Crippen MR) is 91.9 cm³/mol. The average Bonchev–Trinajstić information content (AvgIpc) is 3.12. The molecule has 10 nitrogen and oxygen atoms in total. The van der Waals surface area contributed by atoms with Gasteiger partial charge in [0.2, 0.25) is 5.91 Å². The van der Waals surface area contributed by atoms with E-state index in [9.17, 15) is 29.1 Å². The van der Waals surface area contributed by atoms with Gasteiger partial charge in [-0.2, -0.15) is 0 Å². The minimum absolute atomic E-state index is 0.00244. The highest BCUT2D eigenvalue weighted by atomic mass is 16.7. The summed E-state index contributed by atoms with van der Waals surface area (Å²) in [5.74, 6) is -2.81. The van der Waals surface area contributed by atoms with Crippen LogP contribution in [0.3, 0.4) is 0 Å². The van der Waals surface area contributed by atoms with Crippen LogP contribution in [0.5, 0.6) is 0 Å². The second-order valence-electron chi connectivity index (χ2n) is 6.35. The molecule has 2 N–H and O–H groups in total. The summed E-state index contributed by atoms with van der Waals surface area (Å²) >= 11 is 0. The summed E-state index contributed by atoms with van der Waals surface area (Å²) < 4.78 is 0. The number of imide groups is 1. The van der Waals surface area contributed by atoms with E-state index < -0.39 is 29.9 Å². The summed E-state index contributed by atoms with van der Waals surface area (Å²) in [4.78, 5) is 64.4. The lowest BCUT2D eigenvalue weighted by atomic mass is 10.1. The maximum atomic E-state index is 12.2. The van der Waals surface area contributed by atoms with Crippen LogP contribution in [0.2, 0.25) is 0 Å². The van der Waals surface area contributed by atoms with Crippen LogP contribution in [-0.4, -0.2) is 57.8 Å². The van der Waals surface area contributed by atoms with Crippen molar-refractivity contribution in [2.45, 2.75) is 31.9 Å². The fourth-order valence-corrected chi connectivity index (χ4v) is 3.00. The quantitative estimate of drug-likeness (QED) is 0.608. The third-order valence-corrected chi connectivity index (χ3v) is 4.46. The maximum Gasteiger partial charge on any atom is 0.333 e. The molecule has 2 aliphatic rings. The lowest BCUT2D eigenvalue weighted by Gasteiger charge is -2.21. The third-order valence-electron chi connectivity index (χ3n) is 4.46. The number of hydrogen-bond acceptors (Lipinski definition) is 7. The molecule has 1 fully saturated rings. The number of carbonyl (C=O) groups is 5. The number of benzene rings is 1. The van der Waals surface area contributed by atoms with E-state index in [1.54, 1.807) is 24.3 Å². The summed E-state index contributed by atoms with van der Waals surface area (Å²) in [7, 11) is 0. The number of aliphatic hydroxyl groups is 1. The van der Waals surface area contributed by atoms with Crippen molar-refractivity contribution in [2.24, 2.45) is 0 Å². The summed E-state index contributed by atoms with van der Waals surface area (Å²) in [5, 5.41) is 13.2. The fourth-order valence-electron chi connectivity index (χ4n) is 3.00. The van der Waals surface area contributed by atoms with E-state index in [0.29, 0.717) is 16.2 Å². The molecule has 28 heavy (non-hydrogen) atoms. The molecule has 0 bridgehead atoms. The largest absolute Gasteiger partial charge is 0.369 e. The maximum absolute atomic E-state index is 12.2. The van der Waals surface area contributed by atoms with Crippen LogP contribution in [0.15, 0.2) is 24.3 Å². The Morgan fingerprint density at radius 3 is 2.46 bits per heavy atom. The fraction of sp³-hybridized carbons (Fsp3) is 0.389. The van der Waals surface area contributed by atoms with Gasteiger partial charge in [-0.1, -0.05) is 18.2 Å². The van der Waals surface area contributed by atoms with Crippen molar-refractivity contribution in [3.63, 3.8) is 0 Å². The van der Waals surface area contributed by atoms with Gasteiger partial charge in [0.1, 0.15) is 0 Å². The van der Waals surface area contributed by atoms with Crippen LogP contribution in [0.25, 0.3) is 0 Å². The van der Waals surface area contributed by atoms with E-state index in [4.69, 9.17) is 0 Å². The molecule has 1 aromatic carbocycles. The van der Waals surface area contributed by atoms with E-state index in [2.05, 4.69) is 10.2 Å². The Balaban J connectivity index is 1.38. The van der Waals surface area contributed by atoms with E-state index >= 15 is 0 Å². The number of hydrogen-bond donors (Lipinski definition) is 2. The number of nitrogens with zero attached hydrogens (tertiary/aromatic N) is 2. The second kappa shape index (κ2) is 8.17. The van der Waals surface area contributed by atoms with Crippen molar-refractivity contribution >= 4 is 29.6 Å². The molecule has 0 aliphatic carbocycles. The van der Waals surface area contributed by atoms with Crippen LogP contribution in [0.1, 0.15) is 47.8 Å². The van der Waals surface area contributed by atoms with Crippen LogP contribution in [0, 0.1) is 0 Å². The molecular weight excluding hydrogens is 370 g/mol. The topological polar surface area (TPSA) is 133 Å². The molecule has 0 radical (unpaired) electrons. The number of carbonyl (C=O) groups excluding carboxylic acids is 5. The first-order valence-corrected chi connectivity index (χ1v) is 8.79. The number of rotatable bonds is 7. The zero-order valence-electron chi connectivity index (χ0n) is 14.9. The van der Waals surface area contributed by atoms with Crippen molar-refractivity contribution in [3.8, 4) is 0 Å². The first-order chi connectivity index (χ1) is 13.4. The van der Waals surface area contributed by atoms with Gasteiger partial charge in [0.05, 0.1) is 6.42 Å². The molecule has 2 heterocycles. The van der Waals surface area contributed by atoms with Crippen LogP contribution < -0.4 is 5.32 Å². The molecule has 1 unspecified atom stereocenters. The summed E-state index contributed by atoms with van der Waals surface area (Å²) in [6.07, 6.45) is -1.58. The van der Waals surface area contributed by atoms with Gasteiger partial charge in [-0.25, -0.2) is 4.79 Å². The Morgan fingerprint density at radius 1 is 1.11 bits per heavy atom. The molecule has 3 rings (SSSR count). The summed E-state index contributed by atoms with van der Waals surface area (Å²) in [6, 6.07) is 6.72. The summed E-state index contributed by atoms with van der Waals surface area (Å²) in [6.45, 7) is 0.190. The highest BCUT2D eigenvalue weighted by Crippen LogP contribution is 2.30. The number of hydroxylamine groups is 2. The molecule has 0 spiro atoms. The van der Waals surface area contributed by atoms with Crippen LogP contribution in [-0.2, 0) is 24.0 Å². The Morgan fingerprint density at radius 2 is 1.79 bits per heavy atom. The van der Waals surface area contributed by atoms with E-state index in [-0.39, 0.29) is 44.7 Å². The van der Waals surface area contributed by atoms with Gasteiger partial charge in [-0.15, -0.1) is 5.06 Å². The van der Waals surface area contributed by atoms with Gasteiger partial charge < -0.3 is 20.2 Å². The molecule has 1 atom stereocenters. The number of nitrogens with one attached hydrogen (secondary N) is 1. The van der Waals surface area contributed by atoms with Crippen molar-refractivity contribution in [3.05, 3.63) is 35.4 Å². The Kier molecular flexibility index (Phi) is 5.69. The van der Waals surface area contributed by atoms with Gasteiger partial charge in [0, 0.05) is 43.5 Å². The van der Waals surface area contributed by atoms with E-state index in [1.807, 2.05) is 0 Å². The average molecular weight is 389 g/mol. The molecule has 4 amide bonds. The minimum Gasteiger partial charge on any atom is -0.369 e. The Hall–Kier alpha value is -3.27. The number of aliphatic hydroxyl groups excluding tert-OH is 1. The number of amides is 4. The third kappa shape index (κ3) is 4.01. The summed E-state index contributed by atoms with van der Waals surface area (Å²) in [5.41, 5.74) is 0.947. The molecule has 10 heteroatoms. The minimum atomic E-state index is -1.06. The van der Waals surface area contributed by atoms with Gasteiger partial charge in [0.25, 0.3) is 17.7 Å². The smallest absolute Gasteiger partial charge is 0.333 e. The normalized spacial score (nSPS) is 18.5. The number of fused-ring (bicyclic) bond motifs is 1. The zero-order chi connectivity index (χ0) is 20.3. The molecule has 1 saturated heterocycles. The lowest BCUT2D eigenvalue weighted by Crippen LogP contribution is -2.37. The van der Waals surface area contributed by atoms with E-state index in [0.717, 1.165) is 0 Å². The first kappa shape index (κ1) is 19.5. The van der Waals surface area contributed by atoms with Crippen LogP contribution >= 0.6 is 0 Å². The van der Waals surface area contributed by atoms with Crippen molar-refractivity contribution in [1.82, 2.24) is 15.3 Å². The molecular formula is C18H19N3O7. The molecule has 2 aliphatic heterocycles. The highest BCUT2D eigenvalue weighted by Gasteiger charge is 2.35.